The summed E-state index contributed by atoms with van der Waals surface area (Å²) < 4.78 is 0. The van der Waals surface area contributed by atoms with E-state index in [0.29, 0.717) is 5.91 Å². The molecule has 0 radical (unpaired) electrons. The molecule has 0 saturated carbocycles. The summed E-state index contributed by atoms with van der Waals surface area (Å²) in [6.45, 7) is 9.34. The van der Waals surface area contributed by atoms with Gasteiger partial charge in [-0.1, -0.05) is 0 Å². The first-order chi connectivity index (χ1) is 6.96. The van der Waals surface area contributed by atoms with Gasteiger partial charge in [-0.3, -0.25) is 4.79 Å². The number of amides is 1. The minimum Gasteiger partial charge on any atom is -0.337 e. The fourth-order valence-electron chi connectivity index (χ4n) is 2.83. The van der Waals surface area contributed by atoms with Gasteiger partial charge < -0.3 is 10.2 Å². The van der Waals surface area contributed by atoms with Crippen LogP contribution in [-0.2, 0) is 4.79 Å². The highest BCUT2D eigenvalue weighted by atomic mass is 35.5. The summed E-state index contributed by atoms with van der Waals surface area (Å²) in [5, 5.41) is 3.34. The van der Waals surface area contributed by atoms with Crippen LogP contribution in [0, 0.1) is 5.41 Å². The number of nitrogens with zero attached hydrogens (tertiary/aromatic N) is 1. The Balaban J connectivity index is 0.00000128. The van der Waals surface area contributed by atoms with Gasteiger partial charge in [0.2, 0.25) is 5.91 Å². The van der Waals surface area contributed by atoms with Crippen LogP contribution in [0.2, 0.25) is 0 Å². The highest BCUT2D eigenvalue weighted by molar-refractivity contribution is 5.86. The van der Waals surface area contributed by atoms with E-state index in [-0.39, 0.29) is 23.4 Å². The van der Waals surface area contributed by atoms with Crippen LogP contribution in [0.15, 0.2) is 0 Å². The maximum absolute atomic E-state index is 12.4. The molecule has 2 aliphatic heterocycles. The normalized spacial score (nSPS) is 24.7. The van der Waals surface area contributed by atoms with E-state index in [1.165, 1.54) is 0 Å². The first kappa shape index (κ1) is 13.8. The van der Waals surface area contributed by atoms with Crippen LogP contribution < -0.4 is 5.32 Å². The van der Waals surface area contributed by atoms with Crippen molar-refractivity contribution in [3.05, 3.63) is 0 Å². The molecule has 2 fully saturated rings. The maximum atomic E-state index is 12.4. The van der Waals surface area contributed by atoms with E-state index in [9.17, 15) is 4.79 Å². The number of likely N-dealkylation sites (tertiary alicyclic amines) is 1. The molecule has 16 heavy (non-hydrogen) atoms. The predicted molar refractivity (Wildman–Crippen MR) is 67.9 cm³/mol. The smallest absolute Gasteiger partial charge is 0.229 e. The number of carbonyl (C=O) groups is 1. The lowest BCUT2D eigenvalue weighted by atomic mass is 9.77. The van der Waals surface area contributed by atoms with Crippen LogP contribution >= 0.6 is 12.4 Å². The molecule has 0 aliphatic carbocycles. The van der Waals surface area contributed by atoms with Crippen molar-refractivity contribution in [3.8, 4) is 0 Å². The first-order valence-electron chi connectivity index (χ1n) is 5.99. The summed E-state index contributed by atoms with van der Waals surface area (Å²) in [6.07, 6.45) is 3.11. The second-order valence-electron chi connectivity index (χ2n) is 5.91. The van der Waals surface area contributed by atoms with Gasteiger partial charge in [0.25, 0.3) is 0 Å². The predicted octanol–water partition coefficient (Wildman–Crippen LogP) is 1.81. The van der Waals surface area contributed by atoms with E-state index < -0.39 is 0 Å². The first-order valence-corrected chi connectivity index (χ1v) is 5.99. The fourth-order valence-corrected chi connectivity index (χ4v) is 2.83. The van der Waals surface area contributed by atoms with Crippen molar-refractivity contribution in [1.82, 2.24) is 10.2 Å². The van der Waals surface area contributed by atoms with Crippen molar-refractivity contribution in [1.29, 1.82) is 0 Å². The molecule has 0 bridgehead atoms. The Morgan fingerprint density at radius 2 is 1.75 bits per heavy atom. The number of rotatable bonds is 0. The van der Waals surface area contributed by atoms with Crippen LogP contribution in [-0.4, -0.2) is 36.0 Å². The van der Waals surface area contributed by atoms with E-state index >= 15 is 0 Å². The van der Waals surface area contributed by atoms with Crippen LogP contribution in [0.1, 0.15) is 40.0 Å². The number of carbonyl (C=O) groups excluding carboxylic acids is 1. The van der Waals surface area contributed by atoms with Crippen LogP contribution in [0.25, 0.3) is 0 Å². The van der Waals surface area contributed by atoms with Crippen molar-refractivity contribution >= 4 is 18.3 Å². The molecule has 2 rings (SSSR count). The molecule has 0 aromatic rings. The van der Waals surface area contributed by atoms with Gasteiger partial charge in [0.15, 0.2) is 0 Å². The molecule has 3 nitrogen and oxygen atoms in total. The Hall–Kier alpha value is -0.280. The number of nitrogens with one attached hydrogen (secondary N) is 1. The van der Waals surface area contributed by atoms with Gasteiger partial charge in [0.05, 0.1) is 5.41 Å². The van der Waals surface area contributed by atoms with Gasteiger partial charge in [-0.2, -0.15) is 0 Å². The van der Waals surface area contributed by atoms with Crippen molar-refractivity contribution in [2.45, 2.75) is 45.6 Å². The Bertz CT molecular complexity index is 267. The highest BCUT2D eigenvalue weighted by Gasteiger charge is 2.49. The molecule has 0 unspecified atom stereocenters. The molecule has 2 heterocycles. The molecule has 4 heteroatoms. The van der Waals surface area contributed by atoms with Crippen molar-refractivity contribution < 1.29 is 4.79 Å². The second kappa shape index (κ2) is 4.53. The summed E-state index contributed by atoms with van der Waals surface area (Å²) >= 11 is 0. The average molecular weight is 247 g/mol. The van der Waals surface area contributed by atoms with Gasteiger partial charge >= 0.3 is 0 Å². The third kappa shape index (κ3) is 2.21. The number of piperidine rings is 1. The number of hydrogen-bond donors (Lipinski definition) is 1. The molecule has 1 amide bonds. The zero-order valence-electron chi connectivity index (χ0n) is 10.5. The zero-order chi connectivity index (χ0) is 11.1. The van der Waals surface area contributed by atoms with Gasteiger partial charge in [-0.25, -0.2) is 0 Å². The average Bonchev–Trinajstić information content (AvgIpc) is 2.45. The molecule has 1 N–H and O–H groups in total. The number of halogens is 1. The maximum Gasteiger partial charge on any atom is 0.229 e. The van der Waals surface area contributed by atoms with E-state index in [2.05, 4.69) is 31.0 Å². The Morgan fingerprint density at radius 3 is 2.19 bits per heavy atom. The lowest BCUT2D eigenvalue weighted by molar-refractivity contribution is -0.141. The molecular weight excluding hydrogens is 224 g/mol. The highest BCUT2D eigenvalue weighted by Crippen LogP contribution is 2.42. The SMILES string of the molecule is CC(C)(C)N1CCC2(CCNCC2)C1=O.Cl. The van der Waals surface area contributed by atoms with E-state index in [1.807, 2.05) is 0 Å². The van der Waals surface area contributed by atoms with Gasteiger partial charge in [0.1, 0.15) is 0 Å². The topological polar surface area (TPSA) is 32.3 Å². The lowest BCUT2D eigenvalue weighted by Crippen LogP contribution is -2.48. The summed E-state index contributed by atoms with van der Waals surface area (Å²) in [5.74, 6) is 0.400. The second-order valence-corrected chi connectivity index (χ2v) is 5.91. The summed E-state index contributed by atoms with van der Waals surface area (Å²) in [5.41, 5.74) is -0.0238. The summed E-state index contributed by atoms with van der Waals surface area (Å²) in [7, 11) is 0. The van der Waals surface area contributed by atoms with Gasteiger partial charge in [-0.05, 0) is 53.1 Å². The fraction of sp³-hybridized carbons (Fsp3) is 0.917. The summed E-state index contributed by atoms with van der Waals surface area (Å²) in [6, 6.07) is 0. The van der Waals surface area contributed by atoms with E-state index in [0.717, 1.165) is 38.9 Å². The van der Waals surface area contributed by atoms with Crippen LogP contribution in [0.5, 0.6) is 0 Å². The van der Waals surface area contributed by atoms with Crippen molar-refractivity contribution in [2.24, 2.45) is 5.41 Å². The minimum absolute atomic E-state index is 0. The third-order valence-electron chi connectivity index (χ3n) is 3.88. The van der Waals surface area contributed by atoms with Gasteiger partial charge in [-0.15, -0.1) is 12.4 Å². The monoisotopic (exact) mass is 246 g/mol. The molecule has 2 aliphatic rings. The zero-order valence-corrected chi connectivity index (χ0v) is 11.3. The van der Waals surface area contributed by atoms with E-state index in [1.54, 1.807) is 0 Å². The molecular formula is C12H23ClN2O. The minimum atomic E-state index is -0.0153. The molecule has 0 atom stereocenters. The molecule has 1 spiro atoms. The largest absolute Gasteiger partial charge is 0.337 e. The van der Waals surface area contributed by atoms with Crippen LogP contribution in [0.4, 0.5) is 0 Å². The summed E-state index contributed by atoms with van der Waals surface area (Å²) in [4.78, 5) is 14.5. The van der Waals surface area contributed by atoms with Gasteiger partial charge in [0, 0.05) is 12.1 Å². The number of hydrogen-bond acceptors (Lipinski definition) is 2. The van der Waals surface area contributed by atoms with Crippen molar-refractivity contribution in [3.63, 3.8) is 0 Å². The Morgan fingerprint density at radius 1 is 1.19 bits per heavy atom. The molecule has 2 saturated heterocycles. The standard InChI is InChI=1S/C12H22N2O.ClH/c1-11(2,3)14-9-6-12(10(14)15)4-7-13-8-5-12;/h13H,4-9H2,1-3H3;1H. The molecule has 0 aromatic carbocycles. The van der Waals surface area contributed by atoms with Crippen molar-refractivity contribution in [2.75, 3.05) is 19.6 Å². The van der Waals surface area contributed by atoms with Crippen LogP contribution in [0.3, 0.4) is 0 Å². The third-order valence-corrected chi connectivity index (χ3v) is 3.88. The molecule has 94 valence electrons. The van der Waals surface area contributed by atoms with E-state index in [4.69, 9.17) is 0 Å². The Labute approximate surface area is 104 Å². The lowest BCUT2D eigenvalue weighted by Gasteiger charge is -2.36. The molecule has 0 aromatic heterocycles. The Kier molecular flexibility index (Phi) is 3.91. The quantitative estimate of drug-likeness (QED) is 0.707.